The van der Waals surface area contributed by atoms with E-state index in [1.165, 1.54) is 6.07 Å². The summed E-state index contributed by atoms with van der Waals surface area (Å²) in [5, 5.41) is 14.1. The van der Waals surface area contributed by atoms with E-state index < -0.39 is 5.97 Å². The number of furan rings is 1. The number of hydrogen-bond donors (Lipinski definition) is 1. The summed E-state index contributed by atoms with van der Waals surface area (Å²) < 4.78 is 13.1. The Morgan fingerprint density at radius 3 is 2.52 bits per heavy atom. The van der Waals surface area contributed by atoms with Gasteiger partial charge in [-0.2, -0.15) is 5.10 Å². The van der Waals surface area contributed by atoms with Gasteiger partial charge in [0.1, 0.15) is 17.2 Å². The summed E-state index contributed by atoms with van der Waals surface area (Å²) >= 11 is 6.17. The molecule has 0 aliphatic carbocycles. The van der Waals surface area contributed by atoms with Gasteiger partial charge in [0.05, 0.1) is 6.61 Å². The molecule has 1 N–H and O–H groups in total. The van der Waals surface area contributed by atoms with Gasteiger partial charge in [0.15, 0.2) is 11.5 Å². The summed E-state index contributed by atoms with van der Waals surface area (Å²) in [4.78, 5) is 11.3. The van der Waals surface area contributed by atoms with E-state index in [4.69, 9.17) is 20.8 Å². The van der Waals surface area contributed by atoms with Crippen LogP contribution in [0.1, 0.15) is 33.8 Å². The highest BCUT2D eigenvalue weighted by atomic mass is 35.5. The number of ether oxygens (including phenoxy) is 1. The SMILES string of the molecule is Cc1ccc(-c2cc(C(=O)O)nn2CCCOc2cc(C)c(Cl)c(C)c2)o1. The van der Waals surface area contributed by atoms with Crippen LogP contribution in [-0.2, 0) is 6.54 Å². The maximum absolute atomic E-state index is 11.3. The van der Waals surface area contributed by atoms with Gasteiger partial charge in [-0.05, 0) is 56.2 Å². The van der Waals surface area contributed by atoms with Crippen LogP contribution in [0.2, 0.25) is 5.02 Å². The number of rotatable bonds is 7. The average molecular weight is 389 g/mol. The lowest BCUT2D eigenvalue weighted by Crippen LogP contribution is -2.08. The Bertz CT molecular complexity index is 951. The summed E-state index contributed by atoms with van der Waals surface area (Å²) in [6, 6.07) is 8.98. The minimum absolute atomic E-state index is 0.0103. The van der Waals surface area contributed by atoms with Gasteiger partial charge in [-0.3, -0.25) is 4.68 Å². The Labute approximate surface area is 162 Å². The maximum Gasteiger partial charge on any atom is 0.356 e. The fourth-order valence-electron chi connectivity index (χ4n) is 2.86. The zero-order valence-electron chi connectivity index (χ0n) is 15.5. The lowest BCUT2D eigenvalue weighted by molar-refractivity contribution is 0.0689. The maximum atomic E-state index is 11.3. The Morgan fingerprint density at radius 2 is 1.93 bits per heavy atom. The van der Waals surface area contributed by atoms with Crippen molar-refractivity contribution in [1.82, 2.24) is 9.78 Å². The molecule has 3 rings (SSSR count). The highest BCUT2D eigenvalue weighted by Gasteiger charge is 2.16. The van der Waals surface area contributed by atoms with Gasteiger partial charge in [-0.1, -0.05) is 11.6 Å². The Morgan fingerprint density at radius 1 is 1.22 bits per heavy atom. The first-order valence-corrected chi connectivity index (χ1v) is 9.00. The standard InChI is InChI=1S/C20H21ClN2O4/c1-12-9-15(10-13(2)19(12)21)26-8-4-7-23-17(11-16(22-23)20(24)25)18-6-5-14(3)27-18/h5-6,9-11H,4,7-8H2,1-3H3,(H,24,25). The topological polar surface area (TPSA) is 77.5 Å². The number of benzene rings is 1. The number of carboxylic acids is 1. The number of halogens is 1. The van der Waals surface area contributed by atoms with Crippen LogP contribution in [0.25, 0.3) is 11.5 Å². The number of carboxylic acid groups (broad SMARTS) is 1. The summed E-state index contributed by atoms with van der Waals surface area (Å²) in [6.45, 7) is 6.70. The van der Waals surface area contributed by atoms with Gasteiger partial charge in [0, 0.05) is 24.1 Å². The van der Waals surface area contributed by atoms with Crippen LogP contribution in [0.4, 0.5) is 0 Å². The van der Waals surface area contributed by atoms with Crippen LogP contribution in [0, 0.1) is 20.8 Å². The van der Waals surface area contributed by atoms with Crippen molar-refractivity contribution < 1.29 is 19.1 Å². The monoisotopic (exact) mass is 388 g/mol. The third-order valence-corrected chi connectivity index (χ3v) is 4.78. The zero-order valence-corrected chi connectivity index (χ0v) is 16.2. The Balaban J connectivity index is 1.68. The predicted octanol–water partition coefficient (Wildman–Crippen LogP) is 4.89. The van der Waals surface area contributed by atoms with Crippen molar-refractivity contribution in [2.45, 2.75) is 33.7 Å². The predicted molar refractivity (Wildman–Crippen MR) is 103 cm³/mol. The number of aromatic nitrogens is 2. The molecule has 6 nitrogen and oxygen atoms in total. The van der Waals surface area contributed by atoms with E-state index in [-0.39, 0.29) is 5.69 Å². The molecule has 3 aromatic rings. The molecule has 2 aromatic heterocycles. The molecule has 2 heterocycles. The number of carbonyl (C=O) groups is 1. The molecule has 0 atom stereocenters. The van der Waals surface area contributed by atoms with E-state index in [0.29, 0.717) is 31.0 Å². The van der Waals surface area contributed by atoms with Crippen LogP contribution in [0.15, 0.2) is 34.7 Å². The minimum Gasteiger partial charge on any atom is -0.494 e. The molecular weight excluding hydrogens is 368 g/mol. The van der Waals surface area contributed by atoms with E-state index in [9.17, 15) is 9.90 Å². The van der Waals surface area contributed by atoms with Crippen LogP contribution < -0.4 is 4.74 Å². The second kappa shape index (κ2) is 7.88. The molecular formula is C20H21ClN2O4. The molecule has 0 fully saturated rings. The molecule has 0 amide bonds. The molecule has 27 heavy (non-hydrogen) atoms. The zero-order chi connectivity index (χ0) is 19.6. The van der Waals surface area contributed by atoms with E-state index in [1.54, 1.807) is 4.68 Å². The van der Waals surface area contributed by atoms with Crippen molar-refractivity contribution in [3.63, 3.8) is 0 Å². The first-order chi connectivity index (χ1) is 12.8. The van der Waals surface area contributed by atoms with Crippen LogP contribution >= 0.6 is 11.6 Å². The first kappa shape index (κ1) is 19.0. The fraction of sp³-hybridized carbons (Fsp3) is 0.300. The van der Waals surface area contributed by atoms with E-state index in [1.807, 2.05) is 45.0 Å². The Kier molecular flexibility index (Phi) is 5.56. The van der Waals surface area contributed by atoms with E-state index >= 15 is 0 Å². The van der Waals surface area contributed by atoms with Crippen molar-refractivity contribution in [2.24, 2.45) is 0 Å². The highest BCUT2D eigenvalue weighted by molar-refractivity contribution is 6.32. The first-order valence-electron chi connectivity index (χ1n) is 8.62. The summed E-state index contributed by atoms with van der Waals surface area (Å²) in [5.74, 6) is 1.05. The second-order valence-corrected chi connectivity index (χ2v) is 6.80. The molecule has 0 aliphatic rings. The van der Waals surface area contributed by atoms with Gasteiger partial charge >= 0.3 is 5.97 Å². The average Bonchev–Trinajstić information content (AvgIpc) is 3.22. The van der Waals surface area contributed by atoms with Crippen molar-refractivity contribution in [2.75, 3.05) is 6.61 Å². The van der Waals surface area contributed by atoms with Gasteiger partial charge in [0.25, 0.3) is 0 Å². The molecule has 0 saturated carbocycles. The number of aryl methyl sites for hydroxylation is 4. The number of hydrogen-bond acceptors (Lipinski definition) is 4. The Hall–Kier alpha value is -2.73. The quantitative estimate of drug-likeness (QED) is 0.583. The van der Waals surface area contributed by atoms with E-state index in [0.717, 1.165) is 27.7 Å². The van der Waals surface area contributed by atoms with Crippen molar-refractivity contribution in [3.05, 3.63) is 57.9 Å². The largest absolute Gasteiger partial charge is 0.494 e. The summed E-state index contributed by atoms with van der Waals surface area (Å²) in [7, 11) is 0. The summed E-state index contributed by atoms with van der Waals surface area (Å²) in [5.41, 5.74) is 2.57. The van der Waals surface area contributed by atoms with Crippen molar-refractivity contribution in [1.29, 1.82) is 0 Å². The molecule has 0 unspecified atom stereocenters. The highest BCUT2D eigenvalue weighted by Crippen LogP contribution is 2.26. The molecule has 0 radical (unpaired) electrons. The normalized spacial score (nSPS) is 11.0. The van der Waals surface area contributed by atoms with Crippen molar-refractivity contribution in [3.8, 4) is 17.2 Å². The lowest BCUT2D eigenvalue weighted by atomic mass is 10.1. The van der Waals surface area contributed by atoms with Crippen molar-refractivity contribution >= 4 is 17.6 Å². The molecule has 142 valence electrons. The van der Waals surface area contributed by atoms with E-state index in [2.05, 4.69) is 5.10 Å². The number of aromatic carboxylic acids is 1. The molecule has 7 heteroatoms. The van der Waals surface area contributed by atoms with Crippen LogP contribution in [0.3, 0.4) is 0 Å². The lowest BCUT2D eigenvalue weighted by Gasteiger charge is -2.10. The molecule has 0 bridgehead atoms. The van der Waals surface area contributed by atoms with Crippen LogP contribution in [0.5, 0.6) is 5.75 Å². The second-order valence-electron chi connectivity index (χ2n) is 6.43. The molecule has 1 aromatic carbocycles. The van der Waals surface area contributed by atoms with Crippen LogP contribution in [-0.4, -0.2) is 27.5 Å². The summed E-state index contributed by atoms with van der Waals surface area (Å²) in [6.07, 6.45) is 0.661. The molecule has 0 aliphatic heterocycles. The third kappa shape index (κ3) is 4.34. The van der Waals surface area contributed by atoms with Gasteiger partial charge in [0.2, 0.25) is 0 Å². The third-order valence-electron chi connectivity index (χ3n) is 4.18. The van der Waals surface area contributed by atoms with Gasteiger partial charge in [-0.15, -0.1) is 0 Å². The minimum atomic E-state index is -1.07. The molecule has 0 spiro atoms. The number of nitrogens with zero attached hydrogens (tertiary/aromatic N) is 2. The molecule has 0 saturated heterocycles. The van der Waals surface area contributed by atoms with Gasteiger partial charge < -0.3 is 14.3 Å². The smallest absolute Gasteiger partial charge is 0.356 e. The van der Waals surface area contributed by atoms with Gasteiger partial charge in [-0.25, -0.2) is 4.79 Å². The fourth-order valence-corrected chi connectivity index (χ4v) is 2.97.